The summed E-state index contributed by atoms with van der Waals surface area (Å²) in [4.78, 5) is 2.27. The van der Waals surface area contributed by atoms with Gasteiger partial charge in [-0.25, -0.2) is 4.39 Å². The second-order valence-electron chi connectivity index (χ2n) is 4.91. The topological polar surface area (TPSA) is 38.5 Å². The third-order valence-electron chi connectivity index (χ3n) is 3.73. The molecule has 1 aliphatic heterocycles. The fourth-order valence-electron chi connectivity index (χ4n) is 2.69. The number of hydrogen-bond donors (Lipinski definition) is 1. The highest BCUT2D eigenvalue weighted by molar-refractivity contribution is 6.31. The number of ether oxygens (including phenoxy) is 1. The number of rotatable bonds is 4. The van der Waals surface area contributed by atoms with Gasteiger partial charge in [0.2, 0.25) is 0 Å². The van der Waals surface area contributed by atoms with Crippen molar-refractivity contribution in [2.24, 2.45) is 5.73 Å². The highest BCUT2D eigenvalue weighted by Crippen LogP contribution is 2.30. The molecular weight excluding hydrogens is 267 g/mol. The minimum Gasteiger partial charge on any atom is -0.380 e. The molecule has 5 heteroatoms. The van der Waals surface area contributed by atoms with Gasteiger partial charge >= 0.3 is 0 Å². The average molecular weight is 287 g/mol. The lowest BCUT2D eigenvalue weighted by molar-refractivity contribution is 0.0155. The van der Waals surface area contributed by atoms with Crippen LogP contribution in [0.25, 0.3) is 0 Å². The van der Waals surface area contributed by atoms with Crippen LogP contribution in [0.1, 0.15) is 24.4 Å². The van der Waals surface area contributed by atoms with Crippen LogP contribution in [0.15, 0.2) is 18.2 Å². The fraction of sp³-hybridized carbons (Fsp3) is 0.571. The lowest BCUT2D eigenvalue weighted by atomic mass is 10.0. The van der Waals surface area contributed by atoms with Gasteiger partial charge in [-0.15, -0.1) is 0 Å². The van der Waals surface area contributed by atoms with E-state index in [1.165, 1.54) is 12.1 Å². The number of hydrogen-bond acceptors (Lipinski definition) is 3. The summed E-state index contributed by atoms with van der Waals surface area (Å²) in [6, 6.07) is 4.52. The van der Waals surface area contributed by atoms with Crippen LogP contribution in [0.2, 0.25) is 5.02 Å². The van der Waals surface area contributed by atoms with Crippen LogP contribution in [-0.2, 0) is 4.74 Å². The Morgan fingerprint density at radius 1 is 1.58 bits per heavy atom. The van der Waals surface area contributed by atoms with E-state index in [0.29, 0.717) is 11.6 Å². The monoisotopic (exact) mass is 286 g/mol. The number of piperidine rings is 1. The van der Waals surface area contributed by atoms with E-state index in [-0.39, 0.29) is 18.0 Å². The summed E-state index contributed by atoms with van der Waals surface area (Å²) in [5.74, 6) is -0.321. The number of likely N-dealkylation sites (tertiary alicyclic amines) is 1. The first-order valence-electron chi connectivity index (χ1n) is 6.57. The first kappa shape index (κ1) is 14.7. The first-order valence-corrected chi connectivity index (χ1v) is 6.95. The van der Waals surface area contributed by atoms with E-state index < -0.39 is 0 Å². The van der Waals surface area contributed by atoms with Crippen molar-refractivity contribution in [3.05, 3.63) is 34.6 Å². The number of nitrogens with two attached hydrogens (primary N) is 1. The zero-order valence-electron chi connectivity index (χ0n) is 11.1. The molecule has 106 valence electrons. The van der Waals surface area contributed by atoms with Gasteiger partial charge in [-0.1, -0.05) is 17.7 Å². The molecule has 0 bridgehead atoms. The smallest absolute Gasteiger partial charge is 0.124 e. The van der Waals surface area contributed by atoms with Crippen molar-refractivity contribution in [3.8, 4) is 0 Å². The predicted molar refractivity (Wildman–Crippen MR) is 74.8 cm³/mol. The van der Waals surface area contributed by atoms with Gasteiger partial charge in [0.1, 0.15) is 5.82 Å². The van der Waals surface area contributed by atoms with Crippen LogP contribution < -0.4 is 5.73 Å². The number of nitrogens with zero attached hydrogens (tertiary/aromatic N) is 1. The predicted octanol–water partition coefficient (Wildman–Crippen LogP) is 2.59. The van der Waals surface area contributed by atoms with Gasteiger partial charge in [0.25, 0.3) is 0 Å². The van der Waals surface area contributed by atoms with Gasteiger partial charge in [0.05, 0.1) is 6.10 Å². The van der Waals surface area contributed by atoms with Crippen LogP contribution in [0.5, 0.6) is 0 Å². The Balaban J connectivity index is 2.19. The minimum absolute atomic E-state index is 0.0195. The van der Waals surface area contributed by atoms with Crippen molar-refractivity contribution in [2.45, 2.75) is 25.0 Å². The third-order valence-corrected chi connectivity index (χ3v) is 4.06. The molecule has 0 saturated carbocycles. The Hall–Kier alpha value is -0.680. The fourth-order valence-corrected chi connectivity index (χ4v) is 2.98. The zero-order valence-corrected chi connectivity index (χ0v) is 11.9. The normalized spacial score (nSPS) is 22.4. The number of methoxy groups -OCH3 is 1. The van der Waals surface area contributed by atoms with Crippen molar-refractivity contribution in [3.63, 3.8) is 0 Å². The summed E-state index contributed by atoms with van der Waals surface area (Å²) >= 11 is 6.14. The van der Waals surface area contributed by atoms with Crippen molar-refractivity contribution in [2.75, 3.05) is 26.7 Å². The van der Waals surface area contributed by atoms with E-state index in [9.17, 15) is 4.39 Å². The molecule has 1 fully saturated rings. The van der Waals surface area contributed by atoms with Crippen LogP contribution in [-0.4, -0.2) is 37.7 Å². The van der Waals surface area contributed by atoms with Gasteiger partial charge in [0, 0.05) is 31.3 Å². The second-order valence-corrected chi connectivity index (χ2v) is 5.32. The second kappa shape index (κ2) is 6.66. The summed E-state index contributed by atoms with van der Waals surface area (Å²) < 4.78 is 18.6. The summed E-state index contributed by atoms with van der Waals surface area (Å²) in [6.07, 6.45) is 2.39. The van der Waals surface area contributed by atoms with E-state index in [4.69, 9.17) is 22.1 Å². The van der Waals surface area contributed by atoms with Gasteiger partial charge in [0.15, 0.2) is 0 Å². The van der Waals surface area contributed by atoms with E-state index in [0.717, 1.165) is 31.5 Å². The Morgan fingerprint density at radius 2 is 2.37 bits per heavy atom. The Labute approximate surface area is 118 Å². The van der Waals surface area contributed by atoms with Gasteiger partial charge in [-0.2, -0.15) is 0 Å². The summed E-state index contributed by atoms with van der Waals surface area (Å²) in [6.45, 7) is 2.27. The Kier molecular flexibility index (Phi) is 5.16. The first-order chi connectivity index (χ1) is 9.15. The van der Waals surface area contributed by atoms with Crippen LogP contribution in [0.3, 0.4) is 0 Å². The Bertz CT molecular complexity index is 430. The summed E-state index contributed by atoms with van der Waals surface area (Å²) in [5.41, 5.74) is 6.79. The van der Waals surface area contributed by atoms with Gasteiger partial charge in [-0.05, 0) is 37.1 Å². The van der Waals surface area contributed by atoms with Crippen molar-refractivity contribution >= 4 is 11.6 Å². The van der Waals surface area contributed by atoms with Crippen LogP contribution >= 0.6 is 11.6 Å². The zero-order chi connectivity index (χ0) is 13.8. The molecule has 0 radical (unpaired) electrons. The quantitative estimate of drug-likeness (QED) is 0.925. The molecule has 1 saturated heterocycles. The summed E-state index contributed by atoms with van der Waals surface area (Å²) in [7, 11) is 1.73. The molecule has 3 nitrogen and oxygen atoms in total. The molecule has 19 heavy (non-hydrogen) atoms. The average Bonchev–Trinajstić information content (AvgIpc) is 2.42. The maximum atomic E-state index is 13.1. The summed E-state index contributed by atoms with van der Waals surface area (Å²) in [5, 5.41) is 0.440. The Morgan fingerprint density at radius 3 is 3.00 bits per heavy atom. The lowest BCUT2D eigenvalue weighted by Gasteiger charge is -2.37. The standard InChI is InChI=1S/C14H20ClFN2O/c1-19-11-3-2-6-18(9-11)14(8-17)12-5-4-10(16)7-13(12)15/h4-5,7,11,14H,2-3,6,8-9,17H2,1H3. The maximum Gasteiger partial charge on any atom is 0.124 e. The molecule has 0 aliphatic carbocycles. The molecular formula is C14H20ClFN2O. The molecule has 1 heterocycles. The molecule has 2 atom stereocenters. The SMILES string of the molecule is COC1CCCN(C(CN)c2ccc(F)cc2Cl)C1. The van der Waals surface area contributed by atoms with E-state index in [2.05, 4.69) is 4.90 Å². The lowest BCUT2D eigenvalue weighted by Crippen LogP contribution is -2.43. The molecule has 2 N–H and O–H groups in total. The van der Waals surface area contributed by atoms with Gasteiger partial charge in [-0.3, -0.25) is 4.90 Å². The molecule has 1 aromatic carbocycles. The van der Waals surface area contributed by atoms with E-state index in [1.807, 2.05) is 0 Å². The highest BCUT2D eigenvalue weighted by atomic mass is 35.5. The molecule has 1 aromatic rings. The molecule has 1 aliphatic rings. The maximum absolute atomic E-state index is 13.1. The van der Waals surface area contributed by atoms with Crippen LogP contribution in [0.4, 0.5) is 4.39 Å². The van der Waals surface area contributed by atoms with Gasteiger partial charge < -0.3 is 10.5 Å². The van der Waals surface area contributed by atoms with Crippen molar-refractivity contribution in [1.82, 2.24) is 4.90 Å². The molecule has 2 unspecified atom stereocenters. The van der Waals surface area contributed by atoms with E-state index >= 15 is 0 Å². The molecule has 0 spiro atoms. The highest BCUT2D eigenvalue weighted by Gasteiger charge is 2.27. The van der Waals surface area contributed by atoms with Crippen molar-refractivity contribution < 1.29 is 9.13 Å². The molecule has 0 aromatic heterocycles. The van der Waals surface area contributed by atoms with E-state index in [1.54, 1.807) is 13.2 Å². The number of benzene rings is 1. The van der Waals surface area contributed by atoms with Crippen molar-refractivity contribution in [1.29, 1.82) is 0 Å². The largest absolute Gasteiger partial charge is 0.380 e. The minimum atomic E-state index is -0.321. The molecule has 2 rings (SSSR count). The number of halogens is 2. The third kappa shape index (κ3) is 3.45. The van der Waals surface area contributed by atoms with Crippen LogP contribution in [0, 0.1) is 5.82 Å². The molecule has 0 amide bonds.